The lowest BCUT2D eigenvalue weighted by atomic mass is 9.99. The number of alkyl halides is 6. The first kappa shape index (κ1) is 16.6. The fraction of sp³-hybridized carbons (Fsp3) is 0.273. The Morgan fingerprint density at radius 2 is 0.955 bits per heavy atom. The van der Waals surface area contributed by atoms with Crippen molar-refractivity contribution in [3.63, 3.8) is 0 Å². The van der Waals surface area contributed by atoms with Crippen LogP contribution in [0.4, 0.5) is 48.3 Å². The first-order chi connectivity index (χ1) is 9.77. The van der Waals surface area contributed by atoms with Crippen LogP contribution in [-0.2, 0) is 0 Å². The van der Waals surface area contributed by atoms with Gasteiger partial charge in [0, 0.05) is 11.6 Å². The topological polar surface area (TPSA) is 0 Å². The number of benzene rings is 1. The minimum Gasteiger partial charge on any atom is -0.203 e. The quantitative estimate of drug-likeness (QED) is 0.395. The lowest BCUT2D eigenvalue weighted by Gasteiger charge is -2.25. The number of rotatable bonds is 1. The molecule has 0 spiro atoms. The van der Waals surface area contributed by atoms with Gasteiger partial charge in [-0.3, -0.25) is 0 Å². The van der Waals surface area contributed by atoms with E-state index in [9.17, 15) is 48.3 Å². The van der Waals surface area contributed by atoms with Crippen molar-refractivity contribution >= 4 is 5.57 Å². The highest BCUT2D eigenvalue weighted by Gasteiger charge is 2.77. The molecule has 122 valence electrons. The van der Waals surface area contributed by atoms with E-state index in [0.717, 1.165) is 0 Å². The van der Waals surface area contributed by atoms with Gasteiger partial charge in [0.2, 0.25) is 5.82 Å². The summed E-state index contributed by atoms with van der Waals surface area (Å²) in [4.78, 5) is 0. The molecule has 0 nitrogen and oxygen atoms in total. The van der Waals surface area contributed by atoms with E-state index in [1.54, 1.807) is 0 Å². The van der Waals surface area contributed by atoms with E-state index in [4.69, 9.17) is 0 Å². The molecule has 0 atom stereocenters. The van der Waals surface area contributed by atoms with Crippen LogP contribution in [0.3, 0.4) is 0 Å². The van der Waals surface area contributed by atoms with E-state index in [2.05, 4.69) is 0 Å². The lowest BCUT2D eigenvalue weighted by molar-refractivity contribution is -0.257. The molecule has 0 radical (unpaired) electrons. The lowest BCUT2D eigenvalue weighted by Crippen LogP contribution is -2.48. The fourth-order valence-corrected chi connectivity index (χ4v) is 1.81. The number of allylic oxidation sites excluding steroid dienone is 2. The summed E-state index contributed by atoms with van der Waals surface area (Å²) in [6.45, 7) is 0. The molecular weight excluding hydrogens is 341 g/mol. The summed E-state index contributed by atoms with van der Waals surface area (Å²) in [5.41, 5.74) is -5.21. The summed E-state index contributed by atoms with van der Waals surface area (Å²) in [7, 11) is 0. The maximum absolute atomic E-state index is 13.3. The normalized spacial score (nSPS) is 21.9. The van der Waals surface area contributed by atoms with Crippen molar-refractivity contribution in [1.82, 2.24) is 0 Å². The molecule has 0 bridgehead atoms. The van der Waals surface area contributed by atoms with E-state index < -0.39 is 64.1 Å². The van der Waals surface area contributed by atoms with Gasteiger partial charge >= 0.3 is 17.8 Å². The zero-order valence-corrected chi connectivity index (χ0v) is 9.73. The first-order valence-electron chi connectivity index (χ1n) is 5.16. The van der Waals surface area contributed by atoms with Gasteiger partial charge in [-0.25, -0.2) is 22.0 Å². The fourth-order valence-electron chi connectivity index (χ4n) is 1.81. The third kappa shape index (κ3) is 1.76. The highest BCUT2D eigenvalue weighted by Crippen LogP contribution is 2.59. The minimum atomic E-state index is -6.10. The van der Waals surface area contributed by atoms with E-state index in [0.29, 0.717) is 0 Å². The van der Waals surface area contributed by atoms with Crippen LogP contribution in [0, 0.1) is 29.1 Å². The molecule has 0 amide bonds. The molecule has 0 fully saturated rings. The SMILES string of the molecule is Fc1c(F)c(F)c(C2=CC(F)(F)C(F)(F)C2(F)F)c(F)c1F. The summed E-state index contributed by atoms with van der Waals surface area (Å²) < 4.78 is 143. The van der Waals surface area contributed by atoms with Gasteiger partial charge in [-0.05, 0) is 0 Å². The maximum atomic E-state index is 13.3. The number of hydrogen-bond donors (Lipinski definition) is 0. The molecule has 0 N–H and O–H groups in total. The smallest absolute Gasteiger partial charge is 0.203 e. The largest absolute Gasteiger partial charge is 0.380 e. The molecule has 1 aromatic rings. The van der Waals surface area contributed by atoms with Crippen molar-refractivity contribution in [1.29, 1.82) is 0 Å². The van der Waals surface area contributed by atoms with E-state index in [1.165, 1.54) is 0 Å². The Morgan fingerprint density at radius 3 is 1.27 bits per heavy atom. The molecule has 2 rings (SSSR count). The second-order valence-corrected chi connectivity index (χ2v) is 4.27. The molecule has 1 aromatic carbocycles. The van der Waals surface area contributed by atoms with Crippen LogP contribution in [0.25, 0.3) is 5.57 Å². The van der Waals surface area contributed by atoms with Gasteiger partial charge in [-0.2, -0.15) is 26.3 Å². The highest BCUT2D eigenvalue weighted by atomic mass is 19.3. The van der Waals surface area contributed by atoms with Gasteiger partial charge in [-0.15, -0.1) is 0 Å². The molecule has 1 aliphatic rings. The summed E-state index contributed by atoms with van der Waals surface area (Å²) in [6, 6.07) is 0. The Hall–Kier alpha value is -1.81. The van der Waals surface area contributed by atoms with Gasteiger partial charge in [-0.1, -0.05) is 0 Å². The summed E-state index contributed by atoms with van der Waals surface area (Å²) >= 11 is 0. The van der Waals surface area contributed by atoms with Gasteiger partial charge in [0.25, 0.3) is 0 Å². The van der Waals surface area contributed by atoms with Crippen molar-refractivity contribution in [3.05, 3.63) is 40.7 Å². The van der Waals surface area contributed by atoms with Crippen molar-refractivity contribution < 1.29 is 48.3 Å². The van der Waals surface area contributed by atoms with Gasteiger partial charge in [0.1, 0.15) is 0 Å². The number of hydrogen-bond acceptors (Lipinski definition) is 0. The minimum absolute atomic E-state index is 1.22. The van der Waals surface area contributed by atoms with Crippen LogP contribution in [0.5, 0.6) is 0 Å². The van der Waals surface area contributed by atoms with E-state index >= 15 is 0 Å². The summed E-state index contributed by atoms with van der Waals surface area (Å²) in [6.07, 6.45) is -1.22. The molecule has 11 heteroatoms. The van der Waals surface area contributed by atoms with Crippen LogP contribution in [0.2, 0.25) is 0 Å². The van der Waals surface area contributed by atoms with E-state index in [1.807, 2.05) is 0 Å². The molecule has 22 heavy (non-hydrogen) atoms. The third-order valence-electron chi connectivity index (χ3n) is 2.96. The Bertz CT molecular complexity index is 657. The second-order valence-electron chi connectivity index (χ2n) is 4.27. The Morgan fingerprint density at radius 1 is 0.591 bits per heavy atom. The van der Waals surface area contributed by atoms with E-state index in [-0.39, 0.29) is 0 Å². The van der Waals surface area contributed by atoms with Crippen LogP contribution >= 0.6 is 0 Å². The van der Waals surface area contributed by atoms with Crippen LogP contribution < -0.4 is 0 Å². The molecule has 0 heterocycles. The molecule has 0 unspecified atom stereocenters. The number of halogens is 11. The third-order valence-corrected chi connectivity index (χ3v) is 2.96. The average Bonchev–Trinajstić information content (AvgIpc) is 2.52. The molecule has 0 aromatic heterocycles. The Kier molecular flexibility index (Phi) is 3.28. The first-order valence-corrected chi connectivity index (χ1v) is 5.16. The maximum Gasteiger partial charge on any atom is 0.380 e. The molecule has 1 aliphatic carbocycles. The van der Waals surface area contributed by atoms with Crippen LogP contribution in [0.1, 0.15) is 5.56 Å². The Labute approximate surface area is 113 Å². The van der Waals surface area contributed by atoms with Crippen molar-refractivity contribution in [2.75, 3.05) is 0 Å². The van der Waals surface area contributed by atoms with Gasteiger partial charge in [0.05, 0.1) is 5.56 Å². The Balaban J connectivity index is 2.85. The van der Waals surface area contributed by atoms with Crippen LogP contribution in [0.15, 0.2) is 6.08 Å². The predicted molar refractivity (Wildman–Crippen MR) is 49.0 cm³/mol. The van der Waals surface area contributed by atoms with Crippen molar-refractivity contribution in [3.8, 4) is 0 Å². The van der Waals surface area contributed by atoms with Gasteiger partial charge in [0.15, 0.2) is 23.3 Å². The molecule has 0 aliphatic heterocycles. The highest BCUT2D eigenvalue weighted by molar-refractivity contribution is 5.77. The molecule has 0 saturated heterocycles. The second kappa shape index (κ2) is 4.35. The van der Waals surface area contributed by atoms with Gasteiger partial charge < -0.3 is 0 Å². The summed E-state index contributed by atoms with van der Waals surface area (Å²) in [5.74, 6) is -31.6. The predicted octanol–water partition coefficient (Wildman–Crippen LogP) is 4.69. The molecular formula is C11HF11. The van der Waals surface area contributed by atoms with Crippen LogP contribution in [-0.4, -0.2) is 17.8 Å². The monoisotopic (exact) mass is 342 g/mol. The zero-order valence-electron chi connectivity index (χ0n) is 9.73. The molecule has 0 saturated carbocycles. The van der Waals surface area contributed by atoms with Crippen molar-refractivity contribution in [2.24, 2.45) is 0 Å². The average molecular weight is 342 g/mol. The van der Waals surface area contributed by atoms with Crippen molar-refractivity contribution in [2.45, 2.75) is 17.8 Å². The summed E-state index contributed by atoms with van der Waals surface area (Å²) in [5, 5.41) is 0. The standard InChI is InChI=1S/C11HF11/c12-4-3(5(13)7(15)8(16)6(4)14)2-1-9(17,18)11(21,22)10(2,19)20/h1H. The zero-order chi connectivity index (χ0) is 17.2.